The molecule has 1 amide bonds. The Hall–Kier alpha value is -2.19. The van der Waals surface area contributed by atoms with E-state index in [2.05, 4.69) is 0 Å². The molecule has 0 saturated carbocycles. The molecule has 0 aliphatic carbocycles. The number of alkyl halides is 1. The van der Waals surface area contributed by atoms with E-state index >= 15 is 0 Å². The van der Waals surface area contributed by atoms with Gasteiger partial charge in [-0.05, 0) is 0 Å². The molecule has 1 unspecified atom stereocenters. The van der Waals surface area contributed by atoms with Crippen molar-refractivity contribution in [3.05, 3.63) is 0 Å². The predicted octanol–water partition coefficient (Wildman–Crippen LogP) is 0.0982. The first-order valence-corrected chi connectivity index (χ1v) is 6.25. The monoisotopic (exact) mass is 303 g/mol. The molecule has 0 radical (unpaired) electrons. The van der Waals surface area contributed by atoms with E-state index in [0.717, 1.165) is 0 Å². The highest BCUT2D eigenvalue weighted by atomic mass is 19.1. The number of amides is 1. The third-order valence-corrected chi connectivity index (χ3v) is 3.27. The fourth-order valence-electron chi connectivity index (χ4n) is 2.41. The van der Waals surface area contributed by atoms with Crippen molar-refractivity contribution in [2.24, 2.45) is 5.92 Å². The number of carbonyl (C=O) groups is 4. The molecule has 0 aromatic rings. The minimum absolute atomic E-state index is 0.397. The van der Waals surface area contributed by atoms with Crippen molar-refractivity contribution in [1.82, 2.24) is 4.90 Å². The van der Waals surface area contributed by atoms with E-state index in [1.807, 2.05) is 0 Å². The molecule has 0 aromatic carbocycles. The molecule has 1 N–H and O–H groups in total. The maximum atomic E-state index is 13.3. The number of esters is 2. The number of carboxylic acid groups (broad SMARTS) is 1. The van der Waals surface area contributed by atoms with Crippen LogP contribution in [0.5, 0.6) is 0 Å². The number of ketones is 1. The SMILES string of the molecule is CC1(C)OC(=O)C(C(=O)C2C[C@@H](F)CN2C(=O)O)C(=O)O1. The second-order valence-corrected chi connectivity index (χ2v) is 5.36. The molecule has 8 nitrogen and oxygen atoms in total. The Morgan fingerprint density at radius 3 is 2.29 bits per heavy atom. The van der Waals surface area contributed by atoms with Gasteiger partial charge in [0.15, 0.2) is 5.78 Å². The van der Waals surface area contributed by atoms with E-state index in [4.69, 9.17) is 14.6 Å². The van der Waals surface area contributed by atoms with E-state index < -0.39 is 60.7 Å². The maximum Gasteiger partial charge on any atom is 0.408 e. The highest BCUT2D eigenvalue weighted by Crippen LogP contribution is 2.29. The van der Waals surface area contributed by atoms with Crippen LogP contribution >= 0.6 is 0 Å². The largest absolute Gasteiger partial charge is 0.465 e. The van der Waals surface area contributed by atoms with Crippen LogP contribution in [-0.2, 0) is 23.9 Å². The molecule has 2 rings (SSSR count). The smallest absolute Gasteiger partial charge is 0.408 e. The lowest BCUT2D eigenvalue weighted by Crippen LogP contribution is -2.53. The van der Waals surface area contributed by atoms with Crippen LogP contribution in [0.25, 0.3) is 0 Å². The van der Waals surface area contributed by atoms with Gasteiger partial charge in [-0.25, -0.2) is 9.18 Å². The summed E-state index contributed by atoms with van der Waals surface area (Å²) in [6.45, 7) is 2.16. The predicted molar refractivity (Wildman–Crippen MR) is 62.8 cm³/mol. The molecule has 2 heterocycles. The van der Waals surface area contributed by atoms with Gasteiger partial charge < -0.3 is 14.6 Å². The molecule has 2 aliphatic heterocycles. The van der Waals surface area contributed by atoms with Crippen LogP contribution in [0.3, 0.4) is 0 Å². The zero-order valence-electron chi connectivity index (χ0n) is 11.4. The van der Waals surface area contributed by atoms with E-state index in [0.29, 0.717) is 4.90 Å². The van der Waals surface area contributed by atoms with E-state index in [9.17, 15) is 23.6 Å². The average Bonchev–Trinajstić information content (AvgIpc) is 2.68. The Balaban J connectivity index is 2.21. The summed E-state index contributed by atoms with van der Waals surface area (Å²) < 4.78 is 22.9. The van der Waals surface area contributed by atoms with Crippen molar-refractivity contribution in [3.63, 3.8) is 0 Å². The molecule has 2 aliphatic rings. The minimum atomic E-state index is -1.88. The number of carbonyl (C=O) groups excluding carboxylic acids is 3. The summed E-state index contributed by atoms with van der Waals surface area (Å²) in [7, 11) is 0. The normalized spacial score (nSPS) is 29.0. The van der Waals surface area contributed by atoms with Gasteiger partial charge in [-0.2, -0.15) is 0 Å². The third kappa shape index (κ3) is 2.81. The molecular weight excluding hydrogens is 289 g/mol. The highest BCUT2D eigenvalue weighted by molar-refractivity contribution is 6.17. The van der Waals surface area contributed by atoms with Crippen LogP contribution < -0.4 is 0 Å². The fraction of sp³-hybridized carbons (Fsp3) is 0.667. The van der Waals surface area contributed by atoms with Gasteiger partial charge in [-0.3, -0.25) is 19.3 Å². The first-order valence-electron chi connectivity index (χ1n) is 6.25. The third-order valence-electron chi connectivity index (χ3n) is 3.27. The highest BCUT2D eigenvalue weighted by Gasteiger charge is 2.52. The molecule has 9 heteroatoms. The van der Waals surface area contributed by atoms with Crippen molar-refractivity contribution < 1.29 is 38.1 Å². The fourth-order valence-corrected chi connectivity index (χ4v) is 2.41. The van der Waals surface area contributed by atoms with E-state index in [-0.39, 0.29) is 0 Å². The lowest BCUT2D eigenvalue weighted by Gasteiger charge is -2.33. The van der Waals surface area contributed by atoms with Gasteiger partial charge in [-0.1, -0.05) is 0 Å². The summed E-state index contributed by atoms with van der Waals surface area (Å²) in [5.41, 5.74) is 0. The Kier molecular flexibility index (Phi) is 3.60. The average molecular weight is 303 g/mol. The molecule has 116 valence electrons. The number of likely N-dealkylation sites (tertiary alicyclic amines) is 1. The van der Waals surface area contributed by atoms with E-state index in [1.54, 1.807) is 0 Å². The van der Waals surface area contributed by atoms with Crippen LogP contribution in [0.4, 0.5) is 9.18 Å². The quantitative estimate of drug-likeness (QED) is 0.569. The van der Waals surface area contributed by atoms with Gasteiger partial charge in [0.05, 0.1) is 12.6 Å². The minimum Gasteiger partial charge on any atom is -0.465 e. The first kappa shape index (κ1) is 15.2. The lowest BCUT2D eigenvalue weighted by molar-refractivity contribution is -0.238. The van der Waals surface area contributed by atoms with Gasteiger partial charge in [0, 0.05) is 20.3 Å². The maximum absolute atomic E-state index is 13.3. The number of hydrogen-bond donors (Lipinski definition) is 1. The molecule has 0 spiro atoms. The van der Waals surface area contributed by atoms with Crippen molar-refractivity contribution >= 4 is 23.8 Å². The number of hydrogen-bond acceptors (Lipinski definition) is 6. The Morgan fingerprint density at radius 1 is 1.29 bits per heavy atom. The van der Waals surface area contributed by atoms with Gasteiger partial charge in [0.1, 0.15) is 6.17 Å². The number of ether oxygens (including phenoxy) is 2. The molecule has 0 bridgehead atoms. The number of cyclic esters (lactones) is 2. The molecule has 21 heavy (non-hydrogen) atoms. The van der Waals surface area contributed by atoms with Gasteiger partial charge in [0.2, 0.25) is 5.92 Å². The van der Waals surface area contributed by atoms with Crippen LogP contribution in [-0.4, -0.2) is 58.4 Å². The van der Waals surface area contributed by atoms with Crippen molar-refractivity contribution in [2.45, 2.75) is 38.3 Å². The molecule has 2 atom stereocenters. The summed E-state index contributed by atoms with van der Waals surface area (Å²) in [5, 5.41) is 8.94. The summed E-state index contributed by atoms with van der Waals surface area (Å²) in [4.78, 5) is 47.3. The molecule has 2 fully saturated rings. The van der Waals surface area contributed by atoms with Crippen molar-refractivity contribution in [1.29, 1.82) is 0 Å². The van der Waals surface area contributed by atoms with Crippen LogP contribution in [0.1, 0.15) is 20.3 Å². The first-order chi connectivity index (χ1) is 9.62. The van der Waals surface area contributed by atoms with Crippen LogP contribution in [0.15, 0.2) is 0 Å². The van der Waals surface area contributed by atoms with Crippen LogP contribution in [0.2, 0.25) is 0 Å². The zero-order valence-corrected chi connectivity index (χ0v) is 11.4. The summed E-state index contributed by atoms with van der Waals surface area (Å²) >= 11 is 0. The second-order valence-electron chi connectivity index (χ2n) is 5.36. The zero-order chi connectivity index (χ0) is 15.9. The number of nitrogens with zero attached hydrogens (tertiary/aromatic N) is 1. The summed E-state index contributed by atoms with van der Waals surface area (Å²) in [6.07, 6.45) is -3.42. The van der Waals surface area contributed by atoms with Crippen molar-refractivity contribution in [2.75, 3.05) is 6.54 Å². The summed E-state index contributed by atoms with van der Waals surface area (Å²) in [5.74, 6) is -6.63. The molecular formula is C12H14FNO7. The second kappa shape index (κ2) is 4.97. The van der Waals surface area contributed by atoms with E-state index in [1.165, 1.54) is 13.8 Å². The Bertz CT molecular complexity index is 498. The summed E-state index contributed by atoms with van der Waals surface area (Å²) in [6, 6.07) is -1.40. The molecule has 0 aromatic heterocycles. The van der Waals surface area contributed by atoms with Gasteiger partial charge >= 0.3 is 18.0 Å². The standard InChI is InChI=1S/C12H14FNO7/c1-12(2)20-9(16)7(10(17)21-12)8(15)6-3-5(13)4-14(6)11(18)19/h5-7H,3-4H2,1-2H3,(H,18,19)/t5-,6?/m1/s1. The van der Waals surface area contributed by atoms with Crippen LogP contribution in [0, 0.1) is 5.92 Å². The topological polar surface area (TPSA) is 110 Å². The molecule has 2 saturated heterocycles. The number of Topliss-reactive ketones (excluding diaryl/α,β-unsaturated/α-hetero) is 1. The Morgan fingerprint density at radius 2 is 1.81 bits per heavy atom. The van der Waals surface area contributed by atoms with Gasteiger partial charge in [-0.15, -0.1) is 0 Å². The lowest BCUT2D eigenvalue weighted by atomic mass is 9.95. The Labute approximate surface area is 118 Å². The number of halogens is 1. The van der Waals surface area contributed by atoms with Gasteiger partial charge in [0.25, 0.3) is 5.79 Å². The van der Waals surface area contributed by atoms with Crippen molar-refractivity contribution in [3.8, 4) is 0 Å². The number of rotatable bonds is 2.